The van der Waals surface area contributed by atoms with Crippen LogP contribution >= 0.6 is 67.8 Å². The van der Waals surface area contributed by atoms with Gasteiger partial charge >= 0.3 is 0 Å². The van der Waals surface area contributed by atoms with Crippen LogP contribution in [0.15, 0.2) is 60.7 Å². The molecule has 194 valence electrons. The van der Waals surface area contributed by atoms with Crippen molar-refractivity contribution in [1.29, 1.82) is 0 Å². The first-order valence-corrected chi connectivity index (χ1v) is 16.0. The number of alkyl halides is 3. The maximum atomic E-state index is 13.8. The lowest BCUT2D eigenvalue weighted by Gasteiger charge is -2.21. The van der Waals surface area contributed by atoms with Gasteiger partial charge in [-0.15, -0.1) is 0 Å². The van der Waals surface area contributed by atoms with Crippen molar-refractivity contribution >= 4 is 85.7 Å². The Morgan fingerprint density at radius 1 is 1.05 bits per heavy atom. The van der Waals surface area contributed by atoms with Gasteiger partial charge in [-0.3, -0.25) is 4.79 Å². The number of aryl methyl sites for hydroxylation is 1. The molecule has 0 heterocycles. The van der Waals surface area contributed by atoms with Crippen molar-refractivity contribution in [3.05, 3.63) is 88.5 Å². The quantitative estimate of drug-likeness (QED) is 0.123. The number of hydrogen-bond donors (Lipinski definition) is 0. The van der Waals surface area contributed by atoms with E-state index >= 15 is 0 Å². The van der Waals surface area contributed by atoms with Crippen LogP contribution in [0, 0.1) is 18.8 Å². The molecule has 37 heavy (non-hydrogen) atoms. The molecule has 0 fully saturated rings. The highest BCUT2D eigenvalue weighted by Crippen LogP contribution is 2.46. The number of hydrogen-bond acceptors (Lipinski definition) is 2. The second-order valence-electron chi connectivity index (χ2n) is 10.0. The fraction of sp³-hybridized carbons (Fsp3) is 0.355. The van der Waals surface area contributed by atoms with E-state index in [0.717, 1.165) is 66.3 Å². The number of carbonyl (C=O) groups excluding carboxylic acids is 2. The van der Waals surface area contributed by atoms with Crippen molar-refractivity contribution in [1.82, 2.24) is 0 Å². The molecular formula is C31H32I3NO2. The van der Waals surface area contributed by atoms with Gasteiger partial charge < -0.3 is 9.69 Å². The van der Waals surface area contributed by atoms with Crippen LogP contribution in [0.5, 0.6) is 0 Å². The monoisotopic (exact) mass is 831 g/mol. The largest absolute Gasteiger partial charge is 0.311 e. The lowest BCUT2D eigenvalue weighted by Crippen LogP contribution is -2.27. The van der Waals surface area contributed by atoms with Crippen molar-refractivity contribution in [3.63, 3.8) is 0 Å². The topological polar surface area (TPSA) is 37.4 Å². The van der Waals surface area contributed by atoms with Gasteiger partial charge in [0, 0.05) is 24.2 Å². The third-order valence-electron chi connectivity index (χ3n) is 7.57. The molecule has 3 aromatic rings. The Labute approximate surface area is 261 Å². The Morgan fingerprint density at radius 2 is 1.76 bits per heavy atom. The van der Waals surface area contributed by atoms with Crippen LogP contribution in [0.2, 0.25) is 0 Å². The maximum Gasteiger partial charge on any atom is 0.258 e. The minimum atomic E-state index is -0.00478. The van der Waals surface area contributed by atoms with Crippen molar-refractivity contribution in [2.75, 3.05) is 11.9 Å². The number of benzene rings is 3. The average molecular weight is 831 g/mol. The van der Waals surface area contributed by atoms with Gasteiger partial charge in [-0.2, -0.15) is 0 Å². The van der Waals surface area contributed by atoms with Crippen molar-refractivity contribution in [2.24, 2.45) is 11.8 Å². The zero-order valence-electron chi connectivity index (χ0n) is 21.4. The molecule has 0 bridgehead atoms. The number of rotatable bonds is 9. The van der Waals surface area contributed by atoms with E-state index in [0.29, 0.717) is 5.92 Å². The van der Waals surface area contributed by atoms with E-state index in [-0.39, 0.29) is 11.3 Å². The van der Waals surface area contributed by atoms with E-state index in [2.05, 4.69) is 130 Å². The fourth-order valence-corrected chi connectivity index (χ4v) is 6.36. The van der Waals surface area contributed by atoms with Crippen LogP contribution in [-0.4, -0.2) is 19.2 Å². The van der Waals surface area contributed by atoms with Crippen LogP contribution in [0.3, 0.4) is 0 Å². The maximum absolute atomic E-state index is 13.8. The molecule has 1 amide bonds. The average Bonchev–Trinajstić information content (AvgIpc) is 3.30. The Kier molecular flexibility index (Phi) is 9.75. The molecule has 0 aromatic heterocycles. The number of aldehydes is 1. The SMILES string of the molecule is CCC(C=O)CCC1Cc2ccc(N(C)C(=O)c3cccc(C)c3-c3ccc(C(I)(I)I)cc3)cc2C1. The normalized spacial score (nSPS) is 15.8. The number of nitrogens with zero attached hydrogens (tertiary/aromatic N) is 1. The molecule has 0 N–H and O–H groups in total. The predicted octanol–water partition coefficient (Wildman–Crippen LogP) is 9.07. The number of fused-ring (bicyclic) bond motifs is 1. The second-order valence-corrected chi connectivity index (χ2v) is 21.1. The Balaban J connectivity index is 1.55. The molecule has 0 aliphatic heterocycles. The van der Waals surface area contributed by atoms with E-state index in [9.17, 15) is 9.59 Å². The number of carbonyl (C=O) groups is 2. The van der Waals surface area contributed by atoms with Crippen LogP contribution in [-0.2, 0) is 17.1 Å². The fourth-order valence-electron chi connectivity index (χ4n) is 5.28. The molecule has 1 aliphatic rings. The van der Waals surface area contributed by atoms with E-state index in [1.54, 1.807) is 4.90 Å². The summed E-state index contributed by atoms with van der Waals surface area (Å²) in [5.41, 5.74) is 8.74. The van der Waals surface area contributed by atoms with Crippen LogP contribution in [0.4, 0.5) is 5.69 Å². The molecular weight excluding hydrogens is 799 g/mol. The molecule has 2 atom stereocenters. The summed E-state index contributed by atoms with van der Waals surface area (Å²) < 4.78 is -0.00478. The van der Waals surface area contributed by atoms with Gasteiger partial charge in [-0.1, -0.05) is 49.4 Å². The zero-order valence-corrected chi connectivity index (χ0v) is 27.9. The molecule has 3 aromatic carbocycles. The van der Waals surface area contributed by atoms with Gasteiger partial charge in [0.05, 0.1) is 0 Å². The molecule has 3 nitrogen and oxygen atoms in total. The van der Waals surface area contributed by atoms with Gasteiger partial charge in [0.25, 0.3) is 5.91 Å². The first-order valence-electron chi connectivity index (χ1n) is 12.7. The highest BCUT2D eigenvalue weighted by molar-refractivity contribution is 14.3. The summed E-state index contributed by atoms with van der Waals surface area (Å²) in [4.78, 5) is 26.8. The van der Waals surface area contributed by atoms with Crippen molar-refractivity contribution in [2.45, 2.75) is 45.4 Å². The zero-order chi connectivity index (χ0) is 26.7. The van der Waals surface area contributed by atoms with Gasteiger partial charge in [0.15, 0.2) is 0 Å². The Hall–Kier alpha value is -1.01. The van der Waals surface area contributed by atoms with E-state index in [1.165, 1.54) is 16.7 Å². The van der Waals surface area contributed by atoms with Crippen molar-refractivity contribution in [3.8, 4) is 11.1 Å². The summed E-state index contributed by atoms with van der Waals surface area (Å²) in [5.74, 6) is 0.757. The lowest BCUT2D eigenvalue weighted by atomic mass is 9.93. The summed E-state index contributed by atoms with van der Waals surface area (Å²) in [5, 5.41) is 0. The van der Waals surface area contributed by atoms with Crippen molar-refractivity contribution < 1.29 is 9.59 Å². The molecule has 1 aliphatic carbocycles. The lowest BCUT2D eigenvalue weighted by molar-refractivity contribution is -0.111. The van der Waals surface area contributed by atoms with Crippen LogP contribution in [0.1, 0.15) is 58.8 Å². The number of halogens is 3. The number of amides is 1. The first-order chi connectivity index (χ1) is 17.6. The van der Waals surface area contributed by atoms with Crippen LogP contribution in [0.25, 0.3) is 11.1 Å². The Bertz CT molecular complexity index is 1280. The molecule has 0 saturated heterocycles. The van der Waals surface area contributed by atoms with E-state index in [4.69, 9.17) is 0 Å². The second kappa shape index (κ2) is 12.4. The third-order valence-corrected chi connectivity index (χ3v) is 9.43. The highest BCUT2D eigenvalue weighted by atomic mass is 127. The molecule has 2 unspecified atom stereocenters. The summed E-state index contributed by atoms with van der Waals surface area (Å²) >= 11 is 7.29. The van der Waals surface area contributed by atoms with Gasteiger partial charge in [0.1, 0.15) is 5.72 Å². The van der Waals surface area contributed by atoms with Gasteiger partial charge in [0.2, 0.25) is 0 Å². The number of anilines is 1. The van der Waals surface area contributed by atoms with Crippen LogP contribution < -0.4 is 4.90 Å². The van der Waals surface area contributed by atoms with E-state index < -0.39 is 0 Å². The summed E-state index contributed by atoms with van der Waals surface area (Å²) in [6, 6.07) is 21.0. The minimum absolute atomic E-state index is 0.0000606. The molecule has 6 heteroatoms. The summed E-state index contributed by atoms with van der Waals surface area (Å²) in [6.45, 7) is 4.16. The predicted molar refractivity (Wildman–Crippen MR) is 180 cm³/mol. The third kappa shape index (κ3) is 6.77. The summed E-state index contributed by atoms with van der Waals surface area (Å²) in [6.07, 6.45) is 6.16. The first kappa shape index (κ1) is 29.0. The molecule has 4 rings (SSSR count). The minimum Gasteiger partial charge on any atom is -0.311 e. The van der Waals surface area contributed by atoms with Gasteiger partial charge in [-0.05, 0) is 164 Å². The molecule has 0 saturated carbocycles. The molecule has 0 spiro atoms. The van der Waals surface area contributed by atoms with E-state index in [1.807, 2.05) is 19.2 Å². The highest BCUT2D eigenvalue weighted by Gasteiger charge is 2.25. The molecule has 0 radical (unpaired) electrons. The standard InChI is InChI=1S/C31H32I3NO2/c1-4-21(19-36)8-9-22-16-24-12-15-27(18-25(24)17-22)35(3)30(37)28-7-5-6-20(2)29(28)23-10-13-26(14-11-23)31(32,33)34/h5-7,10-15,18-19,21-22H,4,8-9,16-17H2,1-3H3. The van der Waals surface area contributed by atoms with Gasteiger partial charge in [-0.25, -0.2) is 0 Å². The smallest absolute Gasteiger partial charge is 0.258 e. The Morgan fingerprint density at radius 3 is 2.41 bits per heavy atom. The summed E-state index contributed by atoms with van der Waals surface area (Å²) in [7, 11) is 1.87.